The standard InChI is InChI=1S/C10H11BrClF/c1-10(2,6-11)7-3-4-8(12)9(13)5-7/h3-5H,6H2,1-2H3. The maximum absolute atomic E-state index is 13.1. The van der Waals surface area contributed by atoms with Crippen LogP contribution in [-0.4, -0.2) is 5.33 Å². The van der Waals surface area contributed by atoms with Crippen molar-refractivity contribution in [3.63, 3.8) is 0 Å². The first-order valence-electron chi connectivity index (χ1n) is 3.99. The van der Waals surface area contributed by atoms with E-state index in [1.807, 2.05) is 19.9 Å². The molecule has 0 spiro atoms. The molecule has 0 unspecified atom stereocenters. The van der Waals surface area contributed by atoms with E-state index in [0.29, 0.717) is 0 Å². The summed E-state index contributed by atoms with van der Waals surface area (Å²) >= 11 is 8.98. The van der Waals surface area contributed by atoms with E-state index in [0.717, 1.165) is 10.9 Å². The summed E-state index contributed by atoms with van der Waals surface area (Å²) in [6.45, 7) is 4.09. The van der Waals surface area contributed by atoms with Crippen molar-refractivity contribution in [3.8, 4) is 0 Å². The average molecular weight is 266 g/mol. The van der Waals surface area contributed by atoms with Gasteiger partial charge in [0, 0.05) is 5.33 Å². The fourth-order valence-electron chi connectivity index (χ4n) is 0.994. The Morgan fingerprint density at radius 2 is 2.08 bits per heavy atom. The molecule has 0 saturated carbocycles. The Hall–Kier alpha value is -0.0800. The molecular formula is C10H11BrClF. The van der Waals surface area contributed by atoms with Gasteiger partial charge in [-0.1, -0.05) is 47.4 Å². The summed E-state index contributed by atoms with van der Waals surface area (Å²) in [4.78, 5) is 0. The molecule has 13 heavy (non-hydrogen) atoms. The molecule has 0 aromatic heterocycles. The lowest BCUT2D eigenvalue weighted by atomic mass is 9.87. The molecular weight excluding hydrogens is 254 g/mol. The van der Waals surface area contributed by atoms with E-state index in [4.69, 9.17) is 11.6 Å². The lowest BCUT2D eigenvalue weighted by Gasteiger charge is -2.22. The van der Waals surface area contributed by atoms with Crippen molar-refractivity contribution in [1.29, 1.82) is 0 Å². The SMILES string of the molecule is CC(C)(CBr)c1ccc(Cl)c(F)c1. The molecule has 0 atom stereocenters. The van der Waals surface area contributed by atoms with Crippen molar-refractivity contribution < 1.29 is 4.39 Å². The second-order valence-electron chi connectivity index (χ2n) is 3.65. The van der Waals surface area contributed by atoms with Crippen molar-refractivity contribution in [2.75, 3.05) is 5.33 Å². The van der Waals surface area contributed by atoms with Crippen LogP contribution >= 0.6 is 27.5 Å². The van der Waals surface area contributed by atoms with Crippen LogP contribution in [0.25, 0.3) is 0 Å². The summed E-state index contributed by atoms with van der Waals surface area (Å²) < 4.78 is 13.1. The van der Waals surface area contributed by atoms with Crippen LogP contribution in [0.3, 0.4) is 0 Å². The molecule has 0 nitrogen and oxygen atoms in total. The predicted octanol–water partition coefficient (Wildman–Crippen LogP) is 4.15. The number of halogens is 3. The third-order valence-corrected chi connectivity index (χ3v) is 3.74. The van der Waals surface area contributed by atoms with Crippen LogP contribution in [-0.2, 0) is 5.41 Å². The molecule has 0 aliphatic heterocycles. The van der Waals surface area contributed by atoms with Gasteiger partial charge in [0.15, 0.2) is 0 Å². The van der Waals surface area contributed by atoms with Gasteiger partial charge < -0.3 is 0 Å². The molecule has 0 radical (unpaired) electrons. The summed E-state index contributed by atoms with van der Waals surface area (Å²) in [5.74, 6) is -0.354. The van der Waals surface area contributed by atoms with E-state index in [1.165, 1.54) is 6.07 Å². The molecule has 0 N–H and O–H groups in total. The summed E-state index contributed by atoms with van der Waals surface area (Å²) in [5.41, 5.74) is 0.886. The Bertz CT molecular complexity index is 310. The molecule has 0 aliphatic rings. The van der Waals surface area contributed by atoms with Crippen molar-refractivity contribution in [2.45, 2.75) is 19.3 Å². The normalized spacial score (nSPS) is 11.8. The van der Waals surface area contributed by atoms with Gasteiger partial charge in [-0.15, -0.1) is 0 Å². The zero-order chi connectivity index (χ0) is 10.1. The van der Waals surface area contributed by atoms with Gasteiger partial charge in [-0.3, -0.25) is 0 Å². The molecule has 0 aliphatic carbocycles. The quantitative estimate of drug-likeness (QED) is 0.705. The van der Waals surface area contributed by atoms with Gasteiger partial charge in [0.2, 0.25) is 0 Å². The van der Waals surface area contributed by atoms with Gasteiger partial charge >= 0.3 is 0 Å². The highest BCUT2D eigenvalue weighted by Crippen LogP contribution is 2.27. The summed E-state index contributed by atoms with van der Waals surface area (Å²) in [7, 11) is 0. The smallest absolute Gasteiger partial charge is 0.142 e. The lowest BCUT2D eigenvalue weighted by Crippen LogP contribution is -2.18. The van der Waals surface area contributed by atoms with Gasteiger partial charge in [0.25, 0.3) is 0 Å². The van der Waals surface area contributed by atoms with E-state index in [1.54, 1.807) is 6.07 Å². The van der Waals surface area contributed by atoms with Gasteiger partial charge in [0.1, 0.15) is 5.82 Å². The monoisotopic (exact) mass is 264 g/mol. The zero-order valence-electron chi connectivity index (χ0n) is 7.57. The van der Waals surface area contributed by atoms with Gasteiger partial charge in [-0.25, -0.2) is 4.39 Å². The Balaban J connectivity index is 3.10. The summed E-state index contributed by atoms with van der Waals surface area (Å²) in [6, 6.07) is 4.94. The fraction of sp³-hybridized carbons (Fsp3) is 0.400. The minimum absolute atomic E-state index is 0.0641. The first-order valence-corrected chi connectivity index (χ1v) is 5.49. The Morgan fingerprint density at radius 1 is 1.46 bits per heavy atom. The number of alkyl halides is 1. The number of hydrogen-bond acceptors (Lipinski definition) is 0. The fourth-order valence-corrected chi connectivity index (χ4v) is 1.44. The van der Waals surface area contributed by atoms with E-state index in [9.17, 15) is 4.39 Å². The highest BCUT2D eigenvalue weighted by Gasteiger charge is 2.19. The molecule has 0 amide bonds. The van der Waals surface area contributed by atoms with Gasteiger partial charge in [0.05, 0.1) is 5.02 Å². The van der Waals surface area contributed by atoms with Crippen LogP contribution in [0.5, 0.6) is 0 Å². The topological polar surface area (TPSA) is 0 Å². The molecule has 72 valence electrons. The third-order valence-electron chi connectivity index (χ3n) is 2.04. The highest BCUT2D eigenvalue weighted by atomic mass is 79.9. The van der Waals surface area contributed by atoms with Crippen LogP contribution in [0.15, 0.2) is 18.2 Å². The first kappa shape index (κ1) is 11.0. The van der Waals surface area contributed by atoms with Crippen molar-refractivity contribution in [3.05, 3.63) is 34.6 Å². The predicted molar refractivity (Wildman–Crippen MR) is 58.2 cm³/mol. The largest absolute Gasteiger partial charge is 0.205 e. The molecule has 3 heteroatoms. The van der Waals surface area contributed by atoms with E-state index in [2.05, 4.69) is 15.9 Å². The van der Waals surface area contributed by atoms with E-state index >= 15 is 0 Å². The molecule has 1 rings (SSSR count). The zero-order valence-corrected chi connectivity index (χ0v) is 9.91. The number of rotatable bonds is 2. The number of benzene rings is 1. The van der Waals surface area contributed by atoms with Gasteiger partial charge in [-0.05, 0) is 23.1 Å². The van der Waals surface area contributed by atoms with Crippen molar-refractivity contribution in [2.24, 2.45) is 0 Å². The average Bonchev–Trinajstić information content (AvgIpc) is 2.09. The maximum Gasteiger partial charge on any atom is 0.142 e. The molecule has 1 aromatic carbocycles. The molecule has 0 saturated heterocycles. The van der Waals surface area contributed by atoms with E-state index in [-0.39, 0.29) is 16.3 Å². The third kappa shape index (κ3) is 2.44. The lowest BCUT2D eigenvalue weighted by molar-refractivity contribution is 0.583. The Labute approximate surface area is 91.2 Å². The Morgan fingerprint density at radius 3 is 2.54 bits per heavy atom. The van der Waals surface area contributed by atoms with Crippen molar-refractivity contribution in [1.82, 2.24) is 0 Å². The van der Waals surface area contributed by atoms with Crippen LogP contribution in [0.1, 0.15) is 19.4 Å². The molecule has 0 heterocycles. The van der Waals surface area contributed by atoms with Crippen LogP contribution in [0.4, 0.5) is 4.39 Å². The summed E-state index contributed by atoms with van der Waals surface area (Å²) in [5, 5.41) is 0.968. The Kier molecular flexibility index (Phi) is 3.36. The van der Waals surface area contributed by atoms with E-state index < -0.39 is 0 Å². The summed E-state index contributed by atoms with van der Waals surface area (Å²) in [6.07, 6.45) is 0. The molecule has 0 bridgehead atoms. The van der Waals surface area contributed by atoms with Crippen LogP contribution in [0.2, 0.25) is 5.02 Å². The molecule has 1 aromatic rings. The maximum atomic E-state index is 13.1. The first-order chi connectivity index (χ1) is 5.97. The number of hydrogen-bond donors (Lipinski definition) is 0. The highest BCUT2D eigenvalue weighted by molar-refractivity contribution is 9.09. The second-order valence-corrected chi connectivity index (χ2v) is 4.61. The van der Waals surface area contributed by atoms with Crippen molar-refractivity contribution >= 4 is 27.5 Å². The van der Waals surface area contributed by atoms with Crippen LogP contribution in [0, 0.1) is 5.82 Å². The molecule has 0 fully saturated rings. The minimum atomic E-state index is -0.354. The second kappa shape index (κ2) is 3.97. The minimum Gasteiger partial charge on any atom is -0.205 e. The van der Waals surface area contributed by atoms with Gasteiger partial charge in [-0.2, -0.15) is 0 Å². The van der Waals surface area contributed by atoms with Crippen LogP contribution < -0.4 is 0 Å².